The topological polar surface area (TPSA) is 67.6 Å². The normalized spacial score (nSPS) is 20.8. The average molecular weight is 447 g/mol. The molecule has 1 N–H and O–H groups in total. The fourth-order valence-electron chi connectivity index (χ4n) is 4.29. The van der Waals surface area contributed by atoms with E-state index in [9.17, 15) is 0 Å². The Kier molecular flexibility index (Phi) is 5.78. The highest BCUT2D eigenvalue weighted by Crippen LogP contribution is 2.27. The molecule has 5 rings (SSSR count). The van der Waals surface area contributed by atoms with E-state index in [2.05, 4.69) is 20.4 Å². The maximum atomic E-state index is 6.16. The second-order valence-electron chi connectivity index (χ2n) is 8.12. The number of anilines is 1. The Morgan fingerprint density at radius 3 is 2.57 bits per heavy atom. The Bertz CT molecular complexity index is 1010. The lowest BCUT2D eigenvalue weighted by atomic mass is 10.0. The highest BCUT2D eigenvalue weighted by Gasteiger charge is 2.24. The van der Waals surface area contributed by atoms with E-state index in [1.54, 1.807) is 10.6 Å². The van der Waals surface area contributed by atoms with Crippen molar-refractivity contribution in [2.45, 2.75) is 25.3 Å². The zero-order valence-electron chi connectivity index (χ0n) is 16.6. The van der Waals surface area contributed by atoms with Gasteiger partial charge in [-0.05, 0) is 55.5 Å². The molecule has 2 fully saturated rings. The van der Waals surface area contributed by atoms with Gasteiger partial charge in [0.1, 0.15) is 5.82 Å². The number of piperidine rings is 1. The second-order valence-corrected chi connectivity index (χ2v) is 8.99. The molecule has 30 heavy (non-hydrogen) atoms. The molecule has 0 aliphatic carbocycles. The van der Waals surface area contributed by atoms with Crippen LogP contribution in [0.5, 0.6) is 0 Å². The van der Waals surface area contributed by atoms with E-state index in [1.165, 1.54) is 6.42 Å². The Hall–Kier alpha value is -1.93. The van der Waals surface area contributed by atoms with E-state index >= 15 is 0 Å². The number of ether oxygens (including phenoxy) is 1. The summed E-state index contributed by atoms with van der Waals surface area (Å²) < 4.78 is 7.24. The predicted molar refractivity (Wildman–Crippen MR) is 118 cm³/mol. The van der Waals surface area contributed by atoms with E-state index in [1.807, 2.05) is 24.3 Å². The smallest absolute Gasteiger partial charge is 0.185 e. The number of fused-ring (bicyclic) bond motifs is 1. The molecule has 2 aliphatic heterocycles. The summed E-state index contributed by atoms with van der Waals surface area (Å²) in [5.41, 5.74) is 1.47. The van der Waals surface area contributed by atoms with Crippen molar-refractivity contribution in [3.8, 4) is 11.4 Å². The minimum absolute atomic E-state index is 0.409. The molecule has 1 atom stereocenters. The molecule has 1 unspecified atom stereocenters. The van der Waals surface area contributed by atoms with Crippen LogP contribution in [-0.2, 0) is 4.74 Å². The summed E-state index contributed by atoms with van der Waals surface area (Å²) in [5, 5.41) is 17.9. The van der Waals surface area contributed by atoms with Gasteiger partial charge >= 0.3 is 0 Å². The first-order valence-corrected chi connectivity index (χ1v) is 11.2. The van der Waals surface area contributed by atoms with Gasteiger partial charge in [0.25, 0.3) is 0 Å². The Morgan fingerprint density at radius 2 is 1.83 bits per heavy atom. The SMILES string of the molecule is Clc1cc(Cl)cc(-c2nnc3ccc(NC4CCN(CC5CCOC5)CC4)nn23)c1. The molecule has 0 radical (unpaired) electrons. The number of rotatable bonds is 5. The lowest BCUT2D eigenvalue weighted by Gasteiger charge is -2.33. The number of nitrogens with zero attached hydrogens (tertiary/aromatic N) is 5. The lowest BCUT2D eigenvalue weighted by Crippen LogP contribution is -2.41. The molecule has 2 saturated heterocycles. The number of hydrogen-bond acceptors (Lipinski definition) is 6. The van der Waals surface area contributed by atoms with Crippen LogP contribution in [0.3, 0.4) is 0 Å². The molecule has 0 spiro atoms. The molecular weight excluding hydrogens is 423 g/mol. The van der Waals surface area contributed by atoms with Crippen molar-refractivity contribution in [1.82, 2.24) is 24.7 Å². The summed E-state index contributed by atoms with van der Waals surface area (Å²) in [7, 11) is 0. The Labute approximate surface area is 185 Å². The molecule has 0 saturated carbocycles. The molecule has 3 aromatic rings. The van der Waals surface area contributed by atoms with Gasteiger partial charge < -0.3 is 15.0 Å². The predicted octanol–water partition coefficient (Wildman–Crippen LogP) is 4.01. The van der Waals surface area contributed by atoms with Crippen LogP contribution in [0.2, 0.25) is 10.0 Å². The van der Waals surface area contributed by atoms with Gasteiger partial charge in [-0.25, -0.2) is 0 Å². The van der Waals surface area contributed by atoms with E-state index in [0.717, 1.165) is 57.1 Å². The van der Waals surface area contributed by atoms with Gasteiger partial charge in [-0.15, -0.1) is 15.3 Å². The van der Waals surface area contributed by atoms with E-state index in [-0.39, 0.29) is 0 Å². The summed E-state index contributed by atoms with van der Waals surface area (Å²) >= 11 is 12.3. The zero-order chi connectivity index (χ0) is 20.5. The number of benzene rings is 1. The quantitative estimate of drug-likeness (QED) is 0.638. The van der Waals surface area contributed by atoms with Crippen LogP contribution in [0.25, 0.3) is 17.0 Å². The average Bonchev–Trinajstić information content (AvgIpc) is 3.38. The number of aromatic nitrogens is 4. The van der Waals surface area contributed by atoms with E-state index in [0.29, 0.717) is 33.5 Å². The minimum Gasteiger partial charge on any atom is -0.381 e. The van der Waals surface area contributed by atoms with Gasteiger partial charge in [0.05, 0.1) is 6.61 Å². The summed E-state index contributed by atoms with van der Waals surface area (Å²) in [5.74, 6) is 2.14. The Balaban J connectivity index is 1.27. The minimum atomic E-state index is 0.409. The number of likely N-dealkylation sites (tertiary alicyclic amines) is 1. The van der Waals surface area contributed by atoms with Gasteiger partial charge in [0, 0.05) is 47.9 Å². The van der Waals surface area contributed by atoms with Crippen molar-refractivity contribution in [2.24, 2.45) is 5.92 Å². The van der Waals surface area contributed by atoms with Gasteiger partial charge in [-0.3, -0.25) is 0 Å². The van der Waals surface area contributed by atoms with Crippen molar-refractivity contribution in [2.75, 3.05) is 38.2 Å². The first-order chi connectivity index (χ1) is 14.6. The fourth-order valence-corrected chi connectivity index (χ4v) is 4.82. The van der Waals surface area contributed by atoms with Crippen LogP contribution < -0.4 is 5.32 Å². The maximum Gasteiger partial charge on any atom is 0.185 e. The van der Waals surface area contributed by atoms with Crippen molar-refractivity contribution >= 4 is 34.7 Å². The van der Waals surface area contributed by atoms with Crippen molar-refractivity contribution in [3.63, 3.8) is 0 Å². The second kappa shape index (κ2) is 8.67. The molecule has 1 aromatic carbocycles. The summed E-state index contributed by atoms with van der Waals surface area (Å²) in [6.07, 6.45) is 3.40. The van der Waals surface area contributed by atoms with Crippen LogP contribution in [-0.4, -0.2) is 63.6 Å². The Morgan fingerprint density at radius 1 is 1.03 bits per heavy atom. The molecule has 0 amide bonds. The summed E-state index contributed by atoms with van der Waals surface area (Å²) in [6.45, 7) is 5.21. The molecule has 2 aliphatic rings. The summed E-state index contributed by atoms with van der Waals surface area (Å²) in [4.78, 5) is 2.56. The highest BCUT2D eigenvalue weighted by atomic mass is 35.5. The van der Waals surface area contributed by atoms with Crippen LogP contribution in [0.4, 0.5) is 5.82 Å². The standard InChI is InChI=1S/C21H24Cl2N6O/c22-16-9-15(10-17(23)11-16)21-26-25-20-2-1-19(27-29(20)21)24-18-3-6-28(7-4-18)12-14-5-8-30-13-14/h1-2,9-11,14,18H,3-8,12-13H2,(H,24,27). The van der Waals surface area contributed by atoms with E-state index in [4.69, 9.17) is 33.0 Å². The van der Waals surface area contributed by atoms with Gasteiger partial charge in [-0.2, -0.15) is 4.52 Å². The third-order valence-corrected chi connectivity index (χ3v) is 6.30. The van der Waals surface area contributed by atoms with Crippen LogP contribution in [0.1, 0.15) is 19.3 Å². The fraction of sp³-hybridized carbons (Fsp3) is 0.476. The molecule has 2 aromatic heterocycles. The third kappa shape index (κ3) is 4.39. The molecule has 4 heterocycles. The number of nitrogens with one attached hydrogen (secondary N) is 1. The molecule has 158 valence electrons. The molecule has 7 nitrogen and oxygen atoms in total. The molecule has 9 heteroatoms. The third-order valence-electron chi connectivity index (χ3n) is 5.86. The maximum absolute atomic E-state index is 6.16. The largest absolute Gasteiger partial charge is 0.381 e. The molecule has 0 bridgehead atoms. The van der Waals surface area contributed by atoms with Gasteiger partial charge in [-0.1, -0.05) is 23.2 Å². The van der Waals surface area contributed by atoms with Crippen molar-refractivity contribution in [3.05, 3.63) is 40.4 Å². The first kappa shape index (κ1) is 20.0. The van der Waals surface area contributed by atoms with Crippen molar-refractivity contribution in [1.29, 1.82) is 0 Å². The van der Waals surface area contributed by atoms with E-state index < -0.39 is 0 Å². The number of hydrogen-bond donors (Lipinski definition) is 1. The molecular formula is C21H24Cl2N6O. The zero-order valence-corrected chi connectivity index (χ0v) is 18.1. The number of halogens is 2. The summed E-state index contributed by atoms with van der Waals surface area (Å²) in [6, 6.07) is 9.62. The van der Waals surface area contributed by atoms with Crippen molar-refractivity contribution < 1.29 is 4.74 Å². The monoisotopic (exact) mass is 446 g/mol. The van der Waals surface area contributed by atoms with Crippen LogP contribution in [0.15, 0.2) is 30.3 Å². The van der Waals surface area contributed by atoms with Crippen LogP contribution in [0, 0.1) is 5.92 Å². The first-order valence-electron chi connectivity index (χ1n) is 10.4. The van der Waals surface area contributed by atoms with Crippen LogP contribution >= 0.6 is 23.2 Å². The van der Waals surface area contributed by atoms with Gasteiger partial charge in [0.15, 0.2) is 11.5 Å². The van der Waals surface area contributed by atoms with Gasteiger partial charge in [0.2, 0.25) is 0 Å². The highest BCUT2D eigenvalue weighted by molar-refractivity contribution is 6.35. The lowest BCUT2D eigenvalue weighted by molar-refractivity contribution is 0.154.